The Hall–Kier alpha value is -1.72. The highest BCUT2D eigenvalue weighted by Crippen LogP contribution is 2.21. The minimum atomic E-state index is 0.668. The standard InChI is InChI=1S/C16H21N5/c1-2-4-16(5-3-1)21-17-10-15(19-21)12-20-9-8-13-6-7-14(11-20)18-13/h1-5,10,13-14,18H,6-9,11-12H2. The lowest BCUT2D eigenvalue weighted by atomic mass is 10.1. The molecule has 2 aliphatic heterocycles. The molecule has 5 nitrogen and oxygen atoms in total. The molecule has 1 aromatic heterocycles. The van der Waals surface area contributed by atoms with Crippen molar-refractivity contribution in [2.45, 2.75) is 37.9 Å². The number of aromatic nitrogens is 3. The Morgan fingerprint density at radius 1 is 1.10 bits per heavy atom. The van der Waals surface area contributed by atoms with E-state index in [4.69, 9.17) is 0 Å². The summed E-state index contributed by atoms with van der Waals surface area (Å²) in [7, 11) is 0. The van der Waals surface area contributed by atoms with Gasteiger partial charge < -0.3 is 5.32 Å². The fourth-order valence-electron chi connectivity index (χ4n) is 3.44. The van der Waals surface area contributed by atoms with Crippen molar-refractivity contribution < 1.29 is 0 Å². The van der Waals surface area contributed by atoms with Gasteiger partial charge in [-0.3, -0.25) is 4.90 Å². The van der Waals surface area contributed by atoms with Gasteiger partial charge in [-0.2, -0.15) is 15.0 Å². The molecule has 1 aromatic carbocycles. The van der Waals surface area contributed by atoms with Gasteiger partial charge in [-0.1, -0.05) is 18.2 Å². The van der Waals surface area contributed by atoms with Crippen LogP contribution in [-0.2, 0) is 6.54 Å². The molecule has 0 amide bonds. The molecule has 2 aliphatic rings. The number of nitrogens with zero attached hydrogens (tertiary/aromatic N) is 4. The number of para-hydroxylation sites is 1. The Labute approximate surface area is 125 Å². The molecule has 0 aliphatic carbocycles. The van der Waals surface area contributed by atoms with Crippen molar-refractivity contribution in [1.82, 2.24) is 25.2 Å². The molecule has 2 bridgehead atoms. The van der Waals surface area contributed by atoms with Gasteiger partial charge in [0.1, 0.15) is 0 Å². The van der Waals surface area contributed by atoms with Crippen molar-refractivity contribution in [3.05, 3.63) is 42.2 Å². The zero-order valence-corrected chi connectivity index (χ0v) is 12.2. The van der Waals surface area contributed by atoms with Crippen LogP contribution in [0.5, 0.6) is 0 Å². The molecule has 1 N–H and O–H groups in total. The molecule has 2 aromatic rings. The first-order valence-corrected chi connectivity index (χ1v) is 7.82. The van der Waals surface area contributed by atoms with Gasteiger partial charge in [0.05, 0.1) is 17.6 Å². The normalized spacial score (nSPS) is 25.9. The number of hydrogen-bond acceptors (Lipinski definition) is 4. The second-order valence-electron chi connectivity index (χ2n) is 6.12. The molecule has 21 heavy (non-hydrogen) atoms. The Kier molecular flexibility index (Phi) is 3.45. The Morgan fingerprint density at radius 3 is 2.86 bits per heavy atom. The number of hydrogen-bond donors (Lipinski definition) is 1. The highest BCUT2D eigenvalue weighted by molar-refractivity contribution is 5.28. The minimum absolute atomic E-state index is 0.668. The summed E-state index contributed by atoms with van der Waals surface area (Å²) in [4.78, 5) is 4.23. The predicted molar refractivity (Wildman–Crippen MR) is 81.2 cm³/mol. The molecule has 2 unspecified atom stereocenters. The first kappa shape index (κ1) is 13.0. The summed E-state index contributed by atoms with van der Waals surface area (Å²) >= 11 is 0. The largest absolute Gasteiger partial charge is 0.310 e. The second kappa shape index (κ2) is 5.58. The summed E-state index contributed by atoms with van der Waals surface area (Å²) in [5.41, 5.74) is 2.07. The number of nitrogens with one attached hydrogen (secondary N) is 1. The summed E-state index contributed by atoms with van der Waals surface area (Å²) < 4.78 is 0. The third-order valence-corrected chi connectivity index (χ3v) is 4.52. The maximum atomic E-state index is 4.61. The van der Waals surface area contributed by atoms with E-state index in [0.717, 1.165) is 37.1 Å². The number of rotatable bonds is 3. The monoisotopic (exact) mass is 283 g/mol. The van der Waals surface area contributed by atoms with Crippen molar-refractivity contribution in [1.29, 1.82) is 0 Å². The molecule has 4 rings (SSSR count). The van der Waals surface area contributed by atoms with Gasteiger partial charge in [0, 0.05) is 31.7 Å². The van der Waals surface area contributed by atoms with Crippen LogP contribution in [-0.4, -0.2) is 45.1 Å². The van der Waals surface area contributed by atoms with E-state index in [-0.39, 0.29) is 0 Å². The fourth-order valence-corrected chi connectivity index (χ4v) is 3.44. The van der Waals surface area contributed by atoms with E-state index in [1.165, 1.54) is 19.3 Å². The molecule has 110 valence electrons. The van der Waals surface area contributed by atoms with E-state index in [1.807, 2.05) is 36.5 Å². The number of benzene rings is 1. The van der Waals surface area contributed by atoms with Gasteiger partial charge >= 0.3 is 0 Å². The molecule has 3 heterocycles. The van der Waals surface area contributed by atoms with Gasteiger partial charge in [-0.15, -0.1) is 0 Å². The number of likely N-dealkylation sites (tertiary alicyclic amines) is 1. The summed E-state index contributed by atoms with van der Waals surface area (Å²) in [5.74, 6) is 0. The maximum Gasteiger partial charge on any atom is 0.0971 e. The van der Waals surface area contributed by atoms with E-state index in [1.54, 1.807) is 4.80 Å². The van der Waals surface area contributed by atoms with Gasteiger partial charge in [0.15, 0.2) is 0 Å². The first-order valence-electron chi connectivity index (χ1n) is 7.82. The van der Waals surface area contributed by atoms with Crippen molar-refractivity contribution in [3.63, 3.8) is 0 Å². The summed E-state index contributed by atoms with van der Waals surface area (Å²) in [6.45, 7) is 3.19. The van der Waals surface area contributed by atoms with Crippen LogP contribution in [0.3, 0.4) is 0 Å². The average Bonchev–Trinajstić information content (AvgIpc) is 3.09. The first-order chi connectivity index (χ1) is 10.4. The highest BCUT2D eigenvalue weighted by atomic mass is 15.5. The highest BCUT2D eigenvalue weighted by Gasteiger charge is 2.29. The van der Waals surface area contributed by atoms with Crippen molar-refractivity contribution in [2.24, 2.45) is 0 Å². The van der Waals surface area contributed by atoms with E-state index < -0.39 is 0 Å². The van der Waals surface area contributed by atoms with Crippen LogP contribution in [0, 0.1) is 0 Å². The average molecular weight is 283 g/mol. The Bertz CT molecular complexity index is 594. The lowest BCUT2D eigenvalue weighted by Gasteiger charge is -2.22. The van der Waals surface area contributed by atoms with E-state index in [9.17, 15) is 0 Å². The Balaban J connectivity index is 1.44. The van der Waals surface area contributed by atoms with Crippen LogP contribution in [0.4, 0.5) is 0 Å². The molecule has 2 atom stereocenters. The summed E-state index contributed by atoms with van der Waals surface area (Å²) in [6.07, 6.45) is 5.81. The van der Waals surface area contributed by atoms with Crippen LogP contribution >= 0.6 is 0 Å². The van der Waals surface area contributed by atoms with Crippen molar-refractivity contribution >= 4 is 0 Å². The lowest BCUT2D eigenvalue weighted by Crippen LogP contribution is -2.35. The summed E-state index contributed by atoms with van der Waals surface area (Å²) in [6, 6.07) is 11.5. The van der Waals surface area contributed by atoms with Crippen LogP contribution in [0.1, 0.15) is 25.0 Å². The number of fused-ring (bicyclic) bond motifs is 2. The molecular formula is C16H21N5. The van der Waals surface area contributed by atoms with Crippen LogP contribution in [0.25, 0.3) is 5.69 Å². The van der Waals surface area contributed by atoms with E-state index in [2.05, 4.69) is 20.4 Å². The second-order valence-corrected chi connectivity index (χ2v) is 6.12. The van der Waals surface area contributed by atoms with E-state index >= 15 is 0 Å². The molecule has 2 fully saturated rings. The molecule has 0 radical (unpaired) electrons. The lowest BCUT2D eigenvalue weighted by molar-refractivity contribution is 0.248. The third kappa shape index (κ3) is 2.84. The van der Waals surface area contributed by atoms with Crippen molar-refractivity contribution in [2.75, 3.05) is 13.1 Å². The molecule has 2 saturated heterocycles. The van der Waals surface area contributed by atoms with Crippen molar-refractivity contribution in [3.8, 4) is 5.69 Å². The van der Waals surface area contributed by atoms with Crippen LogP contribution in [0.15, 0.2) is 36.5 Å². The zero-order chi connectivity index (χ0) is 14.1. The molecular weight excluding hydrogens is 262 g/mol. The minimum Gasteiger partial charge on any atom is -0.310 e. The van der Waals surface area contributed by atoms with Gasteiger partial charge in [-0.05, 0) is 31.4 Å². The molecule has 5 heteroatoms. The SMILES string of the molecule is c1ccc(-n2ncc(CN3CCC4CCC(C3)N4)n2)cc1. The zero-order valence-electron chi connectivity index (χ0n) is 12.2. The third-order valence-electron chi connectivity index (χ3n) is 4.52. The van der Waals surface area contributed by atoms with E-state index in [0.29, 0.717) is 6.04 Å². The molecule has 0 spiro atoms. The quantitative estimate of drug-likeness (QED) is 0.929. The predicted octanol–water partition coefficient (Wildman–Crippen LogP) is 1.59. The Morgan fingerprint density at radius 2 is 1.95 bits per heavy atom. The van der Waals surface area contributed by atoms with Crippen LogP contribution in [0.2, 0.25) is 0 Å². The van der Waals surface area contributed by atoms with Gasteiger partial charge in [0.25, 0.3) is 0 Å². The maximum absolute atomic E-state index is 4.61. The van der Waals surface area contributed by atoms with Gasteiger partial charge in [0.2, 0.25) is 0 Å². The smallest absolute Gasteiger partial charge is 0.0971 e. The topological polar surface area (TPSA) is 46.0 Å². The van der Waals surface area contributed by atoms with Crippen LogP contribution < -0.4 is 5.32 Å². The summed E-state index contributed by atoms with van der Waals surface area (Å²) in [5, 5.41) is 12.7. The van der Waals surface area contributed by atoms with Gasteiger partial charge in [-0.25, -0.2) is 0 Å². The molecule has 0 saturated carbocycles. The fraction of sp³-hybridized carbons (Fsp3) is 0.500.